The van der Waals surface area contributed by atoms with E-state index in [9.17, 15) is 9.59 Å². The summed E-state index contributed by atoms with van der Waals surface area (Å²) in [5, 5.41) is 4.07. The van der Waals surface area contributed by atoms with E-state index in [1.165, 1.54) is 0 Å². The van der Waals surface area contributed by atoms with Crippen molar-refractivity contribution in [1.82, 2.24) is 15.0 Å². The first-order valence-corrected chi connectivity index (χ1v) is 10.2. The molecule has 0 saturated carbocycles. The molecule has 2 aromatic carbocycles. The first kappa shape index (κ1) is 18.5. The summed E-state index contributed by atoms with van der Waals surface area (Å²) in [5.41, 5.74) is 1.97. The van der Waals surface area contributed by atoms with Crippen LogP contribution in [0, 0.1) is 5.92 Å². The van der Waals surface area contributed by atoms with E-state index >= 15 is 0 Å². The van der Waals surface area contributed by atoms with Crippen LogP contribution < -0.4 is 4.90 Å². The maximum Gasteiger partial charge on any atom is 0.233 e. The number of rotatable bonds is 5. The third-order valence-corrected chi connectivity index (χ3v) is 5.77. The van der Waals surface area contributed by atoms with Gasteiger partial charge in [-0.15, -0.1) is 0 Å². The van der Waals surface area contributed by atoms with Gasteiger partial charge in [0.1, 0.15) is 0 Å². The van der Waals surface area contributed by atoms with Crippen LogP contribution in [0.15, 0.2) is 65.2 Å². The van der Waals surface area contributed by atoms with Crippen molar-refractivity contribution in [2.24, 2.45) is 5.92 Å². The Hall–Kier alpha value is -3.48. The molecule has 0 aliphatic carbocycles. The maximum atomic E-state index is 12.9. The lowest BCUT2D eigenvalue weighted by molar-refractivity contribution is -0.140. The summed E-state index contributed by atoms with van der Waals surface area (Å²) < 4.78 is 5.42. The average Bonchev–Trinajstić information content (AvgIpc) is 3.35. The molecule has 1 aromatic heterocycles. The van der Waals surface area contributed by atoms with Gasteiger partial charge in [0.2, 0.25) is 17.7 Å². The van der Waals surface area contributed by atoms with E-state index in [0.29, 0.717) is 37.8 Å². The van der Waals surface area contributed by atoms with Crippen molar-refractivity contribution in [3.8, 4) is 0 Å². The normalized spacial score (nSPS) is 19.2. The lowest BCUT2D eigenvalue weighted by Crippen LogP contribution is -2.51. The summed E-state index contributed by atoms with van der Waals surface area (Å²) in [6, 6.07) is 19.5. The minimum absolute atomic E-state index is 0.000853. The number of amides is 2. The van der Waals surface area contributed by atoms with Gasteiger partial charge in [0.05, 0.1) is 11.8 Å². The minimum Gasteiger partial charge on any atom is -0.341 e. The predicted octanol–water partition coefficient (Wildman–Crippen LogP) is 2.64. The topological polar surface area (TPSA) is 79.5 Å². The second kappa shape index (κ2) is 7.74. The number of anilines is 1. The molecule has 3 heterocycles. The molecular weight excluding hydrogens is 380 g/mol. The van der Waals surface area contributed by atoms with Crippen molar-refractivity contribution in [3.05, 3.63) is 77.9 Å². The molecule has 0 bridgehead atoms. The van der Waals surface area contributed by atoms with Crippen LogP contribution in [0.1, 0.15) is 29.6 Å². The van der Waals surface area contributed by atoms with Crippen LogP contribution in [0.25, 0.3) is 0 Å². The van der Waals surface area contributed by atoms with Crippen molar-refractivity contribution < 1.29 is 14.1 Å². The minimum atomic E-state index is -0.296. The Morgan fingerprint density at radius 2 is 1.70 bits per heavy atom. The number of benzene rings is 2. The van der Waals surface area contributed by atoms with Crippen molar-refractivity contribution in [1.29, 1.82) is 0 Å². The Bertz CT molecular complexity index is 1040. The van der Waals surface area contributed by atoms with E-state index in [0.717, 1.165) is 11.3 Å². The molecule has 0 spiro atoms. The van der Waals surface area contributed by atoms with Crippen LogP contribution in [0.3, 0.4) is 0 Å². The van der Waals surface area contributed by atoms with Gasteiger partial charge >= 0.3 is 0 Å². The fourth-order valence-corrected chi connectivity index (χ4v) is 4.09. The molecule has 5 rings (SSSR count). The summed E-state index contributed by atoms with van der Waals surface area (Å²) >= 11 is 0. The number of para-hydroxylation sites is 1. The SMILES string of the molecule is O=C(C1CC(=O)N(c2ccccc2)C1)N1CC(c2nc(Cc3ccccc3)no2)C1. The zero-order chi connectivity index (χ0) is 20.5. The highest BCUT2D eigenvalue weighted by molar-refractivity contribution is 6.00. The fraction of sp³-hybridized carbons (Fsp3) is 0.304. The van der Waals surface area contributed by atoms with Gasteiger partial charge < -0.3 is 14.3 Å². The molecule has 3 aromatic rings. The molecule has 2 aliphatic heterocycles. The molecule has 2 saturated heterocycles. The number of carbonyl (C=O) groups is 2. The van der Waals surface area contributed by atoms with Gasteiger partial charge in [0.15, 0.2) is 5.82 Å². The molecule has 152 valence electrons. The third kappa shape index (κ3) is 3.58. The monoisotopic (exact) mass is 402 g/mol. The van der Waals surface area contributed by atoms with Gasteiger partial charge in [0.25, 0.3) is 0 Å². The van der Waals surface area contributed by atoms with Crippen LogP contribution in [0.5, 0.6) is 0 Å². The summed E-state index contributed by atoms with van der Waals surface area (Å²) in [6.07, 6.45) is 0.885. The van der Waals surface area contributed by atoms with E-state index in [1.807, 2.05) is 60.7 Å². The van der Waals surface area contributed by atoms with E-state index in [-0.39, 0.29) is 30.1 Å². The highest BCUT2D eigenvalue weighted by Crippen LogP contribution is 2.31. The zero-order valence-corrected chi connectivity index (χ0v) is 16.5. The molecule has 2 fully saturated rings. The molecule has 30 heavy (non-hydrogen) atoms. The molecule has 0 N–H and O–H groups in total. The van der Waals surface area contributed by atoms with E-state index < -0.39 is 0 Å². The summed E-state index contributed by atoms with van der Waals surface area (Å²) in [7, 11) is 0. The first-order valence-electron chi connectivity index (χ1n) is 10.2. The predicted molar refractivity (Wildman–Crippen MR) is 110 cm³/mol. The Morgan fingerprint density at radius 3 is 2.43 bits per heavy atom. The Morgan fingerprint density at radius 1 is 1.00 bits per heavy atom. The molecule has 7 nitrogen and oxygen atoms in total. The second-order valence-corrected chi connectivity index (χ2v) is 7.89. The molecule has 2 amide bonds. The van der Waals surface area contributed by atoms with Gasteiger partial charge in [0, 0.05) is 38.2 Å². The van der Waals surface area contributed by atoms with Crippen molar-refractivity contribution in [2.45, 2.75) is 18.8 Å². The van der Waals surface area contributed by atoms with Gasteiger partial charge in [-0.3, -0.25) is 9.59 Å². The van der Waals surface area contributed by atoms with Crippen LogP contribution >= 0.6 is 0 Å². The Kier molecular flexibility index (Phi) is 4.78. The Balaban J connectivity index is 1.16. The highest BCUT2D eigenvalue weighted by Gasteiger charge is 2.42. The van der Waals surface area contributed by atoms with Crippen molar-refractivity contribution in [3.63, 3.8) is 0 Å². The number of hydrogen-bond acceptors (Lipinski definition) is 5. The van der Waals surface area contributed by atoms with Gasteiger partial charge in [-0.1, -0.05) is 53.7 Å². The van der Waals surface area contributed by atoms with Crippen LogP contribution in [0.4, 0.5) is 5.69 Å². The lowest BCUT2D eigenvalue weighted by atomic mass is 9.96. The summed E-state index contributed by atoms with van der Waals surface area (Å²) in [5.74, 6) is 1.03. The number of likely N-dealkylation sites (tertiary alicyclic amines) is 1. The van der Waals surface area contributed by atoms with Crippen LogP contribution in [-0.2, 0) is 16.0 Å². The molecule has 1 atom stereocenters. The van der Waals surface area contributed by atoms with E-state index in [2.05, 4.69) is 10.1 Å². The zero-order valence-electron chi connectivity index (χ0n) is 16.5. The average molecular weight is 402 g/mol. The molecule has 7 heteroatoms. The quantitative estimate of drug-likeness (QED) is 0.656. The second-order valence-electron chi connectivity index (χ2n) is 7.89. The maximum absolute atomic E-state index is 12.9. The first-order chi connectivity index (χ1) is 14.7. The number of aromatic nitrogens is 2. The van der Waals surface area contributed by atoms with E-state index in [1.54, 1.807) is 9.80 Å². The Labute approximate surface area is 174 Å². The van der Waals surface area contributed by atoms with Crippen molar-refractivity contribution in [2.75, 3.05) is 24.5 Å². The number of nitrogens with zero attached hydrogens (tertiary/aromatic N) is 4. The van der Waals surface area contributed by atoms with Crippen LogP contribution in [0.2, 0.25) is 0 Å². The van der Waals surface area contributed by atoms with Gasteiger partial charge in [-0.05, 0) is 17.7 Å². The number of carbonyl (C=O) groups excluding carboxylic acids is 2. The molecular formula is C23H22N4O3. The standard InChI is InChI=1S/C23H22N4O3/c28-21-12-17(15-27(21)19-9-5-2-6-10-19)23(29)26-13-18(14-26)22-24-20(25-30-22)11-16-7-3-1-4-8-16/h1-10,17-18H,11-15H2. The van der Waals surface area contributed by atoms with Crippen molar-refractivity contribution >= 4 is 17.5 Å². The summed E-state index contributed by atoms with van der Waals surface area (Å²) in [6.45, 7) is 1.55. The third-order valence-electron chi connectivity index (χ3n) is 5.77. The molecule has 1 unspecified atom stereocenters. The van der Waals surface area contributed by atoms with Gasteiger partial charge in [-0.2, -0.15) is 4.98 Å². The highest BCUT2D eigenvalue weighted by atomic mass is 16.5. The lowest BCUT2D eigenvalue weighted by Gasteiger charge is -2.38. The molecule has 0 radical (unpaired) electrons. The van der Waals surface area contributed by atoms with Gasteiger partial charge in [-0.25, -0.2) is 0 Å². The largest absolute Gasteiger partial charge is 0.341 e. The molecule has 2 aliphatic rings. The van der Waals surface area contributed by atoms with E-state index in [4.69, 9.17) is 4.52 Å². The fourth-order valence-electron chi connectivity index (χ4n) is 4.09. The summed E-state index contributed by atoms with van der Waals surface area (Å²) in [4.78, 5) is 33.2. The smallest absolute Gasteiger partial charge is 0.233 e. The number of hydrogen-bond donors (Lipinski definition) is 0. The van der Waals surface area contributed by atoms with Crippen LogP contribution in [-0.4, -0.2) is 46.5 Å².